The van der Waals surface area contributed by atoms with Crippen LogP contribution in [0.25, 0.3) is 0 Å². The minimum atomic E-state index is 0.0138. The minimum absolute atomic E-state index is 0.0138. The number of carbonyl (C=O) groups is 1. The van der Waals surface area contributed by atoms with Gasteiger partial charge in [-0.05, 0) is 34.0 Å². The zero-order valence-corrected chi connectivity index (χ0v) is 14.1. The third-order valence-corrected chi connectivity index (χ3v) is 4.72. The van der Waals surface area contributed by atoms with Crippen molar-refractivity contribution in [2.24, 2.45) is 0 Å². The molecular formula is C16H19BrN4O. The van der Waals surface area contributed by atoms with Crippen LogP contribution in [-0.4, -0.2) is 52.1 Å². The standard InChI is InChI=1S/C16H19BrN4O/c1-12-4-2-3-5-13(12)11-20-6-8-21(9-7-20)16(22)15-14(17)10-18-19-15/h2-5,10H,6-9,11H2,1H3,(H,18,19). The zero-order chi connectivity index (χ0) is 15.5. The van der Waals surface area contributed by atoms with Gasteiger partial charge >= 0.3 is 0 Å². The summed E-state index contributed by atoms with van der Waals surface area (Å²) < 4.78 is 0.722. The monoisotopic (exact) mass is 362 g/mol. The van der Waals surface area contributed by atoms with Crippen LogP contribution < -0.4 is 0 Å². The Morgan fingerprint density at radius 1 is 1.27 bits per heavy atom. The summed E-state index contributed by atoms with van der Waals surface area (Å²) in [5.41, 5.74) is 3.22. The lowest BCUT2D eigenvalue weighted by Crippen LogP contribution is -2.48. The van der Waals surface area contributed by atoms with Crippen LogP contribution in [0.1, 0.15) is 21.6 Å². The molecule has 5 nitrogen and oxygen atoms in total. The Balaban J connectivity index is 1.58. The number of hydrogen-bond acceptors (Lipinski definition) is 3. The zero-order valence-electron chi connectivity index (χ0n) is 12.6. The van der Waals surface area contributed by atoms with E-state index in [0.717, 1.165) is 37.2 Å². The maximum absolute atomic E-state index is 12.4. The van der Waals surface area contributed by atoms with Crippen LogP contribution >= 0.6 is 15.9 Å². The van der Waals surface area contributed by atoms with Gasteiger partial charge in [-0.15, -0.1) is 0 Å². The summed E-state index contributed by atoms with van der Waals surface area (Å²) in [7, 11) is 0. The fourth-order valence-corrected chi connectivity index (χ4v) is 3.08. The molecule has 0 spiro atoms. The lowest BCUT2D eigenvalue weighted by molar-refractivity contribution is 0.0621. The first-order valence-electron chi connectivity index (χ1n) is 7.40. The van der Waals surface area contributed by atoms with Crippen LogP contribution in [0, 0.1) is 6.92 Å². The van der Waals surface area contributed by atoms with Gasteiger partial charge in [-0.3, -0.25) is 14.8 Å². The lowest BCUT2D eigenvalue weighted by atomic mass is 10.1. The van der Waals surface area contributed by atoms with E-state index in [9.17, 15) is 4.79 Å². The average molecular weight is 363 g/mol. The van der Waals surface area contributed by atoms with Crippen LogP contribution in [0.2, 0.25) is 0 Å². The number of aryl methyl sites for hydroxylation is 1. The van der Waals surface area contributed by atoms with E-state index in [-0.39, 0.29) is 5.91 Å². The molecule has 116 valence electrons. The molecule has 0 bridgehead atoms. The van der Waals surface area contributed by atoms with Crippen LogP contribution in [0.4, 0.5) is 0 Å². The van der Waals surface area contributed by atoms with Crippen molar-refractivity contribution in [3.05, 3.63) is 51.8 Å². The third kappa shape index (κ3) is 3.23. The number of hydrogen-bond donors (Lipinski definition) is 1. The summed E-state index contributed by atoms with van der Waals surface area (Å²) in [6.45, 7) is 6.37. The Labute approximate surface area is 138 Å². The number of benzene rings is 1. The second kappa shape index (κ2) is 6.62. The fraction of sp³-hybridized carbons (Fsp3) is 0.375. The van der Waals surface area contributed by atoms with Gasteiger partial charge in [0.2, 0.25) is 0 Å². The van der Waals surface area contributed by atoms with Gasteiger partial charge in [-0.2, -0.15) is 5.10 Å². The summed E-state index contributed by atoms with van der Waals surface area (Å²) in [6.07, 6.45) is 1.61. The Bertz CT molecular complexity index is 662. The van der Waals surface area contributed by atoms with Crippen molar-refractivity contribution >= 4 is 21.8 Å². The van der Waals surface area contributed by atoms with Gasteiger partial charge in [-0.1, -0.05) is 24.3 Å². The number of piperazine rings is 1. The Morgan fingerprint density at radius 3 is 2.64 bits per heavy atom. The molecule has 1 amide bonds. The van der Waals surface area contributed by atoms with E-state index in [4.69, 9.17) is 0 Å². The highest BCUT2D eigenvalue weighted by Gasteiger charge is 2.24. The van der Waals surface area contributed by atoms with Crippen molar-refractivity contribution in [3.8, 4) is 0 Å². The molecule has 0 atom stereocenters. The van der Waals surface area contributed by atoms with Crippen molar-refractivity contribution in [1.82, 2.24) is 20.0 Å². The van der Waals surface area contributed by atoms with Crippen LogP contribution in [0.3, 0.4) is 0 Å². The number of H-pyrrole nitrogens is 1. The molecule has 0 aliphatic carbocycles. The molecule has 0 unspecified atom stereocenters. The van der Waals surface area contributed by atoms with E-state index in [1.807, 2.05) is 4.90 Å². The Kier molecular flexibility index (Phi) is 4.59. The number of rotatable bonds is 3. The van der Waals surface area contributed by atoms with Crippen LogP contribution in [-0.2, 0) is 6.54 Å². The Hall–Kier alpha value is -1.66. The first-order valence-corrected chi connectivity index (χ1v) is 8.19. The Morgan fingerprint density at radius 2 is 2.00 bits per heavy atom. The molecule has 2 aromatic rings. The molecule has 0 radical (unpaired) electrons. The summed E-state index contributed by atoms with van der Waals surface area (Å²) in [5.74, 6) is 0.0138. The summed E-state index contributed by atoms with van der Waals surface area (Å²) in [6, 6.07) is 8.47. The van der Waals surface area contributed by atoms with Crippen molar-refractivity contribution < 1.29 is 4.79 Å². The van der Waals surface area contributed by atoms with Gasteiger partial charge in [0, 0.05) is 32.7 Å². The molecule has 22 heavy (non-hydrogen) atoms. The summed E-state index contributed by atoms with van der Waals surface area (Å²) in [5, 5.41) is 6.65. The van der Waals surface area contributed by atoms with E-state index < -0.39 is 0 Å². The van der Waals surface area contributed by atoms with Crippen molar-refractivity contribution in [3.63, 3.8) is 0 Å². The van der Waals surface area contributed by atoms with E-state index >= 15 is 0 Å². The lowest BCUT2D eigenvalue weighted by Gasteiger charge is -2.34. The second-order valence-corrected chi connectivity index (χ2v) is 6.44. The molecule has 1 aromatic carbocycles. The number of aromatic nitrogens is 2. The third-order valence-electron chi connectivity index (χ3n) is 4.12. The quantitative estimate of drug-likeness (QED) is 0.912. The normalized spacial score (nSPS) is 16.0. The average Bonchev–Trinajstić information content (AvgIpc) is 2.96. The van der Waals surface area contributed by atoms with Crippen LogP contribution in [0.5, 0.6) is 0 Å². The van der Waals surface area contributed by atoms with Gasteiger partial charge in [-0.25, -0.2) is 0 Å². The molecule has 1 aliphatic rings. The van der Waals surface area contributed by atoms with E-state index in [1.54, 1.807) is 6.20 Å². The van der Waals surface area contributed by atoms with E-state index in [1.165, 1.54) is 11.1 Å². The SMILES string of the molecule is Cc1ccccc1CN1CCN(C(=O)c2[nH]ncc2Br)CC1. The molecule has 1 aliphatic heterocycles. The summed E-state index contributed by atoms with van der Waals surface area (Å²) in [4.78, 5) is 16.7. The number of nitrogens with zero attached hydrogens (tertiary/aromatic N) is 3. The van der Waals surface area contributed by atoms with Gasteiger partial charge in [0.1, 0.15) is 5.69 Å². The van der Waals surface area contributed by atoms with E-state index in [0.29, 0.717) is 5.69 Å². The van der Waals surface area contributed by atoms with E-state index in [2.05, 4.69) is 62.2 Å². The predicted molar refractivity (Wildman–Crippen MR) is 88.6 cm³/mol. The molecule has 1 fully saturated rings. The van der Waals surface area contributed by atoms with Gasteiger partial charge in [0.05, 0.1) is 10.7 Å². The summed E-state index contributed by atoms with van der Waals surface area (Å²) >= 11 is 3.35. The highest BCUT2D eigenvalue weighted by Crippen LogP contribution is 2.17. The largest absolute Gasteiger partial charge is 0.335 e. The molecule has 1 aromatic heterocycles. The molecule has 3 rings (SSSR count). The molecular weight excluding hydrogens is 344 g/mol. The number of carbonyl (C=O) groups excluding carboxylic acids is 1. The molecule has 0 saturated carbocycles. The number of amides is 1. The topological polar surface area (TPSA) is 52.2 Å². The number of halogens is 1. The highest BCUT2D eigenvalue weighted by atomic mass is 79.9. The first kappa shape index (κ1) is 15.2. The second-order valence-electron chi connectivity index (χ2n) is 5.59. The molecule has 1 saturated heterocycles. The maximum Gasteiger partial charge on any atom is 0.273 e. The first-order chi connectivity index (χ1) is 10.6. The number of aromatic amines is 1. The maximum atomic E-state index is 12.4. The molecule has 2 heterocycles. The smallest absolute Gasteiger partial charge is 0.273 e. The van der Waals surface area contributed by atoms with Crippen molar-refractivity contribution in [2.45, 2.75) is 13.5 Å². The van der Waals surface area contributed by atoms with Crippen molar-refractivity contribution in [1.29, 1.82) is 0 Å². The van der Waals surface area contributed by atoms with Crippen molar-refractivity contribution in [2.75, 3.05) is 26.2 Å². The fourth-order valence-electron chi connectivity index (χ4n) is 2.72. The highest BCUT2D eigenvalue weighted by molar-refractivity contribution is 9.10. The predicted octanol–water partition coefficient (Wildman–Crippen LogP) is 2.44. The number of nitrogens with one attached hydrogen (secondary N) is 1. The minimum Gasteiger partial charge on any atom is -0.335 e. The van der Waals surface area contributed by atoms with Gasteiger partial charge in [0.15, 0.2) is 0 Å². The van der Waals surface area contributed by atoms with Gasteiger partial charge in [0.25, 0.3) is 5.91 Å². The van der Waals surface area contributed by atoms with Gasteiger partial charge < -0.3 is 4.90 Å². The van der Waals surface area contributed by atoms with Crippen LogP contribution in [0.15, 0.2) is 34.9 Å². The molecule has 6 heteroatoms. The molecule has 1 N–H and O–H groups in total.